The number of hydrogen-bond donors (Lipinski definition) is 1. The highest BCUT2D eigenvalue weighted by molar-refractivity contribution is 5.68. The number of hydrogen-bond acceptors (Lipinski definition) is 2. The molecule has 0 bridgehead atoms. The minimum absolute atomic E-state index is 0.0802. The van der Waals surface area contributed by atoms with Gasteiger partial charge in [-0.25, -0.2) is 0 Å². The third-order valence-corrected chi connectivity index (χ3v) is 3.63. The molecule has 0 amide bonds. The number of fused-ring (bicyclic) bond motifs is 1. The average Bonchev–Trinajstić information content (AvgIpc) is 2.29. The molecule has 1 aromatic rings. The average molecular weight is 234 g/mol. The number of carbonyl (C=O) groups is 1. The second-order valence-electron chi connectivity index (χ2n) is 4.91. The monoisotopic (exact) mass is 234 g/mol. The standard InChI is InChI=1S/C14H18O3/c1-10-3-4-12-8-14(17-2,9-13(15)16)6-5-11(12)7-10/h3-4,7H,5-6,8-9H2,1-2H3,(H,15,16). The largest absolute Gasteiger partial charge is 0.481 e. The third kappa shape index (κ3) is 2.50. The summed E-state index contributed by atoms with van der Waals surface area (Å²) in [4.78, 5) is 10.9. The van der Waals surface area contributed by atoms with Crippen LogP contribution in [0.4, 0.5) is 0 Å². The zero-order chi connectivity index (χ0) is 12.5. The van der Waals surface area contributed by atoms with Crippen LogP contribution >= 0.6 is 0 Å². The van der Waals surface area contributed by atoms with E-state index in [9.17, 15) is 4.79 Å². The molecule has 0 heterocycles. The zero-order valence-electron chi connectivity index (χ0n) is 10.3. The molecule has 1 N–H and O–H groups in total. The molecule has 92 valence electrons. The van der Waals surface area contributed by atoms with Gasteiger partial charge in [-0.15, -0.1) is 0 Å². The summed E-state index contributed by atoms with van der Waals surface area (Å²) < 4.78 is 5.50. The van der Waals surface area contributed by atoms with E-state index < -0.39 is 11.6 Å². The summed E-state index contributed by atoms with van der Waals surface area (Å²) in [6.07, 6.45) is 2.46. The van der Waals surface area contributed by atoms with E-state index >= 15 is 0 Å². The van der Waals surface area contributed by atoms with E-state index in [1.165, 1.54) is 16.7 Å². The Hall–Kier alpha value is -1.35. The van der Waals surface area contributed by atoms with Crippen molar-refractivity contribution in [2.24, 2.45) is 0 Å². The lowest BCUT2D eigenvalue weighted by Crippen LogP contribution is -2.40. The molecule has 0 aromatic heterocycles. The highest BCUT2D eigenvalue weighted by Crippen LogP contribution is 2.34. The van der Waals surface area contributed by atoms with Gasteiger partial charge >= 0.3 is 5.97 Å². The maximum absolute atomic E-state index is 10.9. The van der Waals surface area contributed by atoms with E-state index in [0.29, 0.717) is 6.42 Å². The van der Waals surface area contributed by atoms with Gasteiger partial charge in [-0.1, -0.05) is 23.8 Å². The normalized spacial score (nSPS) is 23.2. The predicted molar refractivity (Wildman–Crippen MR) is 65.2 cm³/mol. The van der Waals surface area contributed by atoms with Crippen molar-refractivity contribution < 1.29 is 14.6 Å². The summed E-state index contributed by atoms with van der Waals surface area (Å²) >= 11 is 0. The Morgan fingerprint density at radius 2 is 2.24 bits per heavy atom. The van der Waals surface area contributed by atoms with Crippen LogP contribution in [0.1, 0.15) is 29.5 Å². The quantitative estimate of drug-likeness (QED) is 0.873. The van der Waals surface area contributed by atoms with Crippen LogP contribution in [0.2, 0.25) is 0 Å². The van der Waals surface area contributed by atoms with Gasteiger partial charge < -0.3 is 9.84 Å². The predicted octanol–water partition coefficient (Wildman–Crippen LogP) is 2.34. The van der Waals surface area contributed by atoms with Crippen LogP contribution < -0.4 is 0 Å². The first-order chi connectivity index (χ1) is 8.04. The number of ether oxygens (including phenoxy) is 1. The van der Waals surface area contributed by atoms with Crippen molar-refractivity contribution in [1.82, 2.24) is 0 Å². The van der Waals surface area contributed by atoms with Gasteiger partial charge in [0, 0.05) is 13.5 Å². The van der Waals surface area contributed by atoms with Crippen molar-refractivity contribution >= 4 is 5.97 Å². The Morgan fingerprint density at radius 3 is 2.88 bits per heavy atom. The Kier molecular flexibility index (Phi) is 3.20. The van der Waals surface area contributed by atoms with Crippen molar-refractivity contribution in [2.45, 2.75) is 38.2 Å². The maximum atomic E-state index is 10.9. The van der Waals surface area contributed by atoms with E-state index in [2.05, 4.69) is 25.1 Å². The first kappa shape index (κ1) is 12.1. The Labute approximate surface area is 101 Å². The zero-order valence-corrected chi connectivity index (χ0v) is 10.3. The molecule has 0 fully saturated rings. The lowest BCUT2D eigenvalue weighted by molar-refractivity contribution is -0.144. The van der Waals surface area contributed by atoms with Gasteiger partial charge in [-0.2, -0.15) is 0 Å². The summed E-state index contributed by atoms with van der Waals surface area (Å²) in [5.41, 5.74) is 3.30. The Morgan fingerprint density at radius 1 is 1.47 bits per heavy atom. The molecule has 1 aliphatic carbocycles. The van der Waals surface area contributed by atoms with Gasteiger partial charge in [0.25, 0.3) is 0 Å². The molecule has 0 aliphatic heterocycles. The molecular weight excluding hydrogens is 216 g/mol. The highest BCUT2D eigenvalue weighted by atomic mass is 16.5. The molecule has 0 spiro atoms. The smallest absolute Gasteiger partial charge is 0.306 e. The fraction of sp³-hybridized carbons (Fsp3) is 0.500. The van der Waals surface area contributed by atoms with Gasteiger partial charge in [-0.3, -0.25) is 4.79 Å². The van der Waals surface area contributed by atoms with Crippen LogP contribution in [-0.4, -0.2) is 23.8 Å². The summed E-state index contributed by atoms with van der Waals surface area (Å²) in [5, 5.41) is 8.97. The molecule has 1 atom stereocenters. The Balaban J connectivity index is 2.27. The number of benzene rings is 1. The minimum Gasteiger partial charge on any atom is -0.481 e. The highest BCUT2D eigenvalue weighted by Gasteiger charge is 2.36. The van der Waals surface area contributed by atoms with E-state index in [0.717, 1.165) is 12.8 Å². The van der Waals surface area contributed by atoms with Crippen LogP contribution in [0.15, 0.2) is 18.2 Å². The fourth-order valence-electron chi connectivity index (χ4n) is 2.63. The SMILES string of the molecule is COC1(CC(=O)O)CCc2cc(C)ccc2C1. The van der Waals surface area contributed by atoms with Crippen LogP contribution in [-0.2, 0) is 22.4 Å². The summed E-state index contributed by atoms with van der Waals surface area (Å²) in [5.74, 6) is -0.789. The van der Waals surface area contributed by atoms with Crippen molar-refractivity contribution in [3.8, 4) is 0 Å². The van der Waals surface area contributed by atoms with Crippen molar-refractivity contribution in [2.75, 3.05) is 7.11 Å². The van der Waals surface area contributed by atoms with Gasteiger partial charge in [0.2, 0.25) is 0 Å². The molecule has 2 rings (SSSR count). The topological polar surface area (TPSA) is 46.5 Å². The van der Waals surface area contributed by atoms with E-state index in [1.54, 1.807) is 7.11 Å². The number of aryl methyl sites for hydroxylation is 2. The number of carboxylic acid groups (broad SMARTS) is 1. The Bertz CT molecular complexity index is 439. The fourth-order valence-corrected chi connectivity index (χ4v) is 2.63. The van der Waals surface area contributed by atoms with Crippen LogP contribution in [0.5, 0.6) is 0 Å². The van der Waals surface area contributed by atoms with Crippen LogP contribution in [0.3, 0.4) is 0 Å². The van der Waals surface area contributed by atoms with Crippen molar-refractivity contribution in [3.05, 3.63) is 34.9 Å². The van der Waals surface area contributed by atoms with Crippen molar-refractivity contribution in [3.63, 3.8) is 0 Å². The lowest BCUT2D eigenvalue weighted by atomic mass is 9.78. The molecule has 3 nitrogen and oxygen atoms in total. The molecule has 1 unspecified atom stereocenters. The number of methoxy groups -OCH3 is 1. The first-order valence-corrected chi connectivity index (χ1v) is 5.90. The van der Waals surface area contributed by atoms with Gasteiger partial charge in [0.15, 0.2) is 0 Å². The summed E-state index contributed by atoms with van der Waals surface area (Å²) in [7, 11) is 1.61. The molecule has 0 saturated carbocycles. The summed E-state index contributed by atoms with van der Waals surface area (Å²) in [6, 6.07) is 6.36. The lowest BCUT2D eigenvalue weighted by Gasteiger charge is -2.36. The van der Waals surface area contributed by atoms with E-state index in [4.69, 9.17) is 9.84 Å². The van der Waals surface area contributed by atoms with E-state index in [1.807, 2.05) is 0 Å². The van der Waals surface area contributed by atoms with Crippen LogP contribution in [0.25, 0.3) is 0 Å². The minimum atomic E-state index is -0.789. The molecule has 3 heteroatoms. The van der Waals surface area contributed by atoms with Gasteiger partial charge in [0.05, 0.1) is 12.0 Å². The number of aliphatic carboxylic acids is 1. The first-order valence-electron chi connectivity index (χ1n) is 5.90. The van der Waals surface area contributed by atoms with Gasteiger partial charge in [0.1, 0.15) is 0 Å². The molecule has 0 saturated heterocycles. The molecular formula is C14H18O3. The summed E-state index contributed by atoms with van der Waals surface area (Å²) in [6.45, 7) is 2.08. The van der Waals surface area contributed by atoms with Gasteiger partial charge in [-0.05, 0) is 30.9 Å². The number of rotatable bonds is 3. The molecule has 1 aliphatic rings. The maximum Gasteiger partial charge on any atom is 0.306 e. The van der Waals surface area contributed by atoms with Crippen molar-refractivity contribution in [1.29, 1.82) is 0 Å². The molecule has 17 heavy (non-hydrogen) atoms. The second-order valence-corrected chi connectivity index (χ2v) is 4.91. The third-order valence-electron chi connectivity index (χ3n) is 3.63. The van der Waals surface area contributed by atoms with E-state index in [-0.39, 0.29) is 6.42 Å². The molecule has 0 radical (unpaired) electrons. The molecule has 1 aromatic carbocycles. The van der Waals surface area contributed by atoms with Crippen LogP contribution in [0, 0.1) is 6.92 Å². The number of carboxylic acids is 1. The second kappa shape index (κ2) is 4.49.